The van der Waals surface area contributed by atoms with Crippen molar-refractivity contribution in [1.82, 2.24) is 4.98 Å². The van der Waals surface area contributed by atoms with Crippen LogP contribution in [-0.2, 0) is 0 Å². The number of aromatic nitrogens is 1. The third kappa shape index (κ3) is 2.29. The van der Waals surface area contributed by atoms with E-state index in [2.05, 4.69) is 4.98 Å². The van der Waals surface area contributed by atoms with Crippen LogP contribution >= 0.6 is 11.6 Å². The largest absolute Gasteiger partial charge is 0.490 e. The Morgan fingerprint density at radius 1 is 1.47 bits per heavy atom. The van der Waals surface area contributed by atoms with Gasteiger partial charge >= 0.3 is 0 Å². The van der Waals surface area contributed by atoms with Crippen LogP contribution in [-0.4, -0.2) is 22.8 Å². The van der Waals surface area contributed by atoms with Crippen LogP contribution in [0.3, 0.4) is 0 Å². The fourth-order valence-electron chi connectivity index (χ4n) is 1.80. The summed E-state index contributed by atoms with van der Waals surface area (Å²) in [6.07, 6.45) is 1.75. The van der Waals surface area contributed by atoms with Crippen LogP contribution < -0.4 is 4.74 Å². The summed E-state index contributed by atoms with van der Waals surface area (Å²) >= 11 is 5.60. The standard InChI is InChI=1S/C13H14ClNO2/c1-8(2)17-12-5-3-4-10-13(12)9(7-15-10)11(16)6-14/h3-5,7-8,15H,6H2,1-2H3. The molecule has 0 radical (unpaired) electrons. The molecule has 0 bridgehead atoms. The predicted molar refractivity (Wildman–Crippen MR) is 69.1 cm³/mol. The maximum atomic E-state index is 11.7. The van der Waals surface area contributed by atoms with Crippen molar-refractivity contribution in [2.45, 2.75) is 20.0 Å². The molecule has 0 aliphatic heterocycles. The number of nitrogens with one attached hydrogen (secondary N) is 1. The predicted octanol–water partition coefficient (Wildman–Crippen LogP) is 3.38. The van der Waals surface area contributed by atoms with Gasteiger partial charge in [-0.05, 0) is 26.0 Å². The number of alkyl halides is 1. The van der Waals surface area contributed by atoms with E-state index in [0.717, 1.165) is 10.9 Å². The molecule has 90 valence electrons. The van der Waals surface area contributed by atoms with Crippen molar-refractivity contribution in [3.63, 3.8) is 0 Å². The summed E-state index contributed by atoms with van der Waals surface area (Å²) in [5, 5.41) is 0.812. The number of carbonyl (C=O) groups excluding carboxylic acids is 1. The first-order chi connectivity index (χ1) is 8.13. The number of aromatic amines is 1. The molecule has 0 fully saturated rings. The molecule has 0 aliphatic rings. The normalized spacial score (nSPS) is 11.1. The molecule has 0 unspecified atom stereocenters. The lowest BCUT2D eigenvalue weighted by Gasteiger charge is -2.11. The molecule has 1 aromatic heterocycles. The summed E-state index contributed by atoms with van der Waals surface area (Å²) in [5.74, 6) is 0.591. The minimum absolute atomic E-state index is 0.0248. The van der Waals surface area contributed by atoms with Crippen LogP contribution in [0.2, 0.25) is 0 Å². The van der Waals surface area contributed by atoms with Crippen molar-refractivity contribution in [3.8, 4) is 5.75 Å². The molecule has 3 nitrogen and oxygen atoms in total. The van der Waals surface area contributed by atoms with E-state index in [0.29, 0.717) is 11.3 Å². The summed E-state index contributed by atoms with van der Waals surface area (Å²) < 4.78 is 5.71. The van der Waals surface area contributed by atoms with Crippen molar-refractivity contribution >= 4 is 28.3 Å². The maximum absolute atomic E-state index is 11.7. The second-order valence-corrected chi connectivity index (χ2v) is 4.37. The first-order valence-corrected chi connectivity index (χ1v) is 6.03. The smallest absolute Gasteiger partial charge is 0.179 e. The Morgan fingerprint density at radius 3 is 2.88 bits per heavy atom. The van der Waals surface area contributed by atoms with Gasteiger partial charge in [0, 0.05) is 17.3 Å². The number of benzene rings is 1. The van der Waals surface area contributed by atoms with Crippen molar-refractivity contribution in [2.24, 2.45) is 0 Å². The Balaban J connectivity index is 2.59. The number of hydrogen-bond acceptors (Lipinski definition) is 2. The topological polar surface area (TPSA) is 42.1 Å². The zero-order valence-corrected chi connectivity index (χ0v) is 10.5. The third-order valence-electron chi connectivity index (χ3n) is 2.45. The third-order valence-corrected chi connectivity index (χ3v) is 2.69. The summed E-state index contributed by atoms with van der Waals surface area (Å²) in [7, 11) is 0. The van der Waals surface area contributed by atoms with Gasteiger partial charge < -0.3 is 9.72 Å². The van der Waals surface area contributed by atoms with Crippen LogP contribution in [0.15, 0.2) is 24.4 Å². The summed E-state index contributed by atoms with van der Waals surface area (Å²) in [6, 6.07) is 5.67. The molecule has 0 spiro atoms. The fourth-order valence-corrected chi connectivity index (χ4v) is 1.94. The van der Waals surface area contributed by atoms with Gasteiger partial charge in [-0.2, -0.15) is 0 Å². The summed E-state index contributed by atoms with van der Waals surface area (Å²) in [6.45, 7) is 3.91. The van der Waals surface area contributed by atoms with Crippen LogP contribution in [0, 0.1) is 0 Å². The van der Waals surface area contributed by atoms with E-state index in [1.165, 1.54) is 0 Å². The molecule has 1 aromatic carbocycles. The second-order valence-electron chi connectivity index (χ2n) is 4.10. The Kier molecular flexibility index (Phi) is 3.38. The number of hydrogen-bond donors (Lipinski definition) is 1. The number of fused-ring (bicyclic) bond motifs is 1. The van der Waals surface area contributed by atoms with Crippen LogP contribution in [0.4, 0.5) is 0 Å². The number of rotatable bonds is 4. The Hall–Kier alpha value is -1.48. The summed E-state index contributed by atoms with van der Waals surface area (Å²) in [5.41, 5.74) is 1.47. The minimum Gasteiger partial charge on any atom is -0.490 e. The first kappa shape index (κ1) is 12.0. The number of ketones is 1. The molecule has 0 saturated carbocycles. The minimum atomic E-state index is -0.0993. The molecule has 4 heteroatoms. The first-order valence-electron chi connectivity index (χ1n) is 5.49. The highest BCUT2D eigenvalue weighted by Gasteiger charge is 2.15. The molecule has 17 heavy (non-hydrogen) atoms. The molecule has 0 amide bonds. The second kappa shape index (κ2) is 4.80. The van der Waals surface area contributed by atoms with Crippen LogP contribution in [0.5, 0.6) is 5.75 Å². The Labute approximate surface area is 105 Å². The van der Waals surface area contributed by atoms with Crippen molar-refractivity contribution in [1.29, 1.82) is 0 Å². The number of halogens is 1. The number of carbonyl (C=O) groups is 1. The van der Waals surface area contributed by atoms with Gasteiger partial charge in [0.1, 0.15) is 5.75 Å². The highest BCUT2D eigenvalue weighted by atomic mass is 35.5. The molecule has 0 aliphatic carbocycles. The van der Waals surface area contributed by atoms with Crippen molar-refractivity contribution < 1.29 is 9.53 Å². The Bertz CT molecular complexity index is 545. The maximum Gasteiger partial charge on any atom is 0.179 e. The molecule has 1 heterocycles. The van der Waals surface area contributed by atoms with E-state index in [-0.39, 0.29) is 17.8 Å². The molecular formula is C13H14ClNO2. The van der Waals surface area contributed by atoms with E-state index in [1.54, 1.807) is 6.20 Å². The summed E-state index contributed by atoms with van der Waals surface area (Å²) in [4.78, 5) is 14.8. The van der Waals surface area contributed by atoms with Gasteiger partial charge in [-0.1, -0.05) is 6.07 Å². The lowest BCUT2D eigenvalue weighted by molar-refractivity contribution is 0.102. The molecule has 1 N–H and O–H groups in total. The van der Waals surface area contributed by atoms with Crippen molar-refractivity contribution in [3.05, 3.63) is 30.0 Å². The van der Waals surface area contributed by atoms with E-state index in [4.69, 9.17) is 16.3 Å². The monoisotopic (exact) mass is 251 g/mol. The van der Waals surface area contributed by atoms with E-state index < -0.39 is 0 Å². The lowest BCUT2D eigenvalue weighted by Crippen LogP contribution is -2.07. The van der Waals surface area contributed by atoms with Gasteiger partial charge in [0.15, 0.2) is 5.78 Å². The SMILES string of the molecule is CC(C)Oc1cccc2[nH]cc(C(=O)CCl)c12. The number of Topliss-reactive ketones (excluding diaryl/α,β-unsaturated/α-hetero) is 1. The number of H-pyrrole nitrogens is 1. The molecule has 0 atom stereocenters. The molecule has 2 aromatic rings. The zero-order chi connectivity index (χ0) is 12.4. The van der Waals surface area contributed by atoms with E-state index in [1.807, 2.05) is 32.0 Å². The quantitative estimate of drug-likeness (QED) is 0.669. The highest BCUT2D eigenvalue weighted by Crippen LogP contribution is 2.29. The average Bonchev–Trinajstić information content (AvgIpc) is 2.72. The Morgan fingerprint density at radius 2 is 2.24 bits per heavy atom. The highest BCUT2D eigenvalue weighted by molar-refractivity contribution is 6.32. The molecule has 0 saturated heterocycles. The van der Waals surface area contributed by atoms with Gasteiger partial charge in [-0.3, -0.25) is 4.79 Å². The fraction of sp³-hybridized carbons (Fsp3) is 0.308. The van der Waals surface area contributed by atoms with Gasteiger partial charge in [0.25, 0.3) is 0 Å². The van der Waals surface area contributed by atoms with E-state index >= 15 is 0 Å². The zero-order valence-electron chi connectivity index (χ0n) is 9.79. The van der Waals surface area contributed by atoms with Crippen LogP contribution in [0.1, 0.15) is 24.2 Å². The van der Waals surface area contributed by atoms with Gasteiger partial charge in [0.2, 0.25) is 0 Å². The average molecular weight is 252 g/mol. The molecule has 2 rings (SSSR count). The van der Waals surface area contributed by atoms with Crippen LogP contribution in [0.25, 0.3) is 10.9 Å². The van der Waals surface area contributed by atoms with Gasteiger partial charge in [-0.25, -0.2) is 0 Å². The van der Waals surface area contributed by atoms with Crippen molar-refractivity contribution in [2.75, 3.05) is 5.88 Å². The van der Waals surface area contributed by atoms with Gasteiger partial charge in [-0.15, -0.1) is 11.6 Å². The number of ether oxygens (including phenoxy) is 1. The molecular weight excluding hydrogens is 238 g/mol. The lowest BCUT2D eigenvalue weighted by atomic mass is 10.1. The van der Waals surface area contributed by atoms with E-state index in [9.17, 15) is 4.79 Å². The van der Waals surface area contributed by atoms with Gasteiger partial charge in [0.05, 0.1) is 17.4 Å².